The second kappa shape index (κ2) is 8.74. The molecule has 0 spiro atoms. The number of aromatic nitrogens is 4. The second-order valence-electron chi connectivity index (χ2n) is 6.82. The van der Waals surface area contributed by atoms with Gasteiger partial charge in [-0.25, -0.2) is 4.39 Å². The van der Waals surface area contributed by atoms with Crippen molar-refractivity contribution in [1.29, 1.82) is 0 Å². The molecule has 1 aliphatic rings. The first-order valence-electron chi connectivity index (χ1n) is 9.47. The molecule has 0 radical (unpaired) electrons. The predicted octanol–water partition coefficient (Wildman–Crippen LogP) is 2.27. The van der Waals surface area contributed by atoms with Gasteiger partial charge in [0.1, 0.15) is 12.1 Å². The third-order valence-corrected chi connectivity index (χ3v) is 4.92. The summed E-state index contributed by atoms with van der Waals surface area (Å²) in [4.78, 5) is 17.1. The third-order valence-electron chi connectivity index (χ3n) is 4.92. The fraction of sp³-hybridized carbons (Fsp3) is 0.238. The van der Waals surface area contributed by atoms with Crippen LogP contribution >= 0.6 is 0 Å². The van der Waals surface area contributed by atoms with Gasteiger partial charge in [0.2, 0.25) is 0 Å². The first-order chi connectivity index (χ1) is 14.2. The maximum atomic E-state index is 13.8. The summed E-state index contributed by atoms with van der Waals surface area (Å²) in [5.41, 5.74) is 1.90. The molecule has 1 amide bonds. The first kappa shape index (κ1) is 18.9. The van der Waals surface area contributed by atoms with Crippen LogP contribution in [0.5, 0.6) is 0 Å². The highest BCUT2D eigenvalue weighted by molar-refractivity contribution is 5.97. The zero-order valence-corrected chi connectivity index (χ0v) is 15.9. The van der Waals surface area contributed by atoms with Crippen molar-refractivity contribution >= 4 is 12.0 Å². The van der Waals surface area contributed by atoms with Gasteiger partial charge in [-0.15, -0.1) is 5.10 Å². The number of carbonyl (C=O) groups excluding carboxylic acids is 1. The fourth-order valence-corrected chi connectivity index (χ4v) is 3.36. The van der Waals surface area contributed by atoms with Crippen molar-refractivity contribution < 1.29 is 9.18 Å². The molecule has 4 rings (SSSR count). The topological polar surface area (TPSA) is 67.2 Å². The molecule has 148 valence electrons. The van der Waals surface area contributed by atoms with Crippen molar-refractivity contribution in [2.75, 3.05) is 32.7 Å². The van der Waals surface area contributed by atoms with Crippen molar-refractivity contribution in [3.8, 4) is 5.69 Å². The van der Waals surface area contributed by atoms with Crippen molar-refractivity contribution in [1.82, 2.24) is 30.0 Å². The highest BCUT2D eigenvalue weighted by Gasteiger charge is 2.24. The third kappa shape index (κ3) is 4.55. The molecule has 1 saturated heterocycles. The van der Waals surface area contributed by atoms with Gasteiger partial charge >= 0.3 is 0 Å². The first-order valence-corrected chi connectivity index (χ1v) is 9.47. The van der Waals surface area contributed by atoms with Crippen molar-refractivity contribution in [2.45, 2.75) is 0 Å². The van der Waals surface area contributed by atoms with Gasteiger partial charge in [0.25, 0.3) is 5.91 Å². The summed E-state index contributed by atoms with van der Waals surface area (Å²) in [6, 6.07) is 14.2. The highest BCUT2D eigenvalue weighted by Crippen LogP contribution is 2.18. The van der Waals surface area contributed by atoms with E-state index in [0.29, 0.717) is 18.8 Å². The van der Waals surface area contributed by atoms with Gasteiger partial charge in [0.05, 0.1) is 11.3 Å². The summed E-state index contributed by atoms with van der Waals surface area (Å²) in [6.45, 7) is 3.53. The molecule has 3 aromatic rings. The molecule has 0 unspecified atom stereocenters. The normalized spacial score (nSPS) is 15.1. The number of carbonyl (C=O) groups is 1. The molecule has 1 fully saturated rings. The molecule has 2 aromatic carbocycles. The molecular weight excluding hydrogens is 371 g/mol. The zero-order valence-electron chi connectivity index (χ0n) is 15.9. The lowest BCUT2D eigenvalue weighted by Crippen LogP contribution is -2.48. The molecule has 1 aromatic heterocycles. The number of benzene rings is 2. The number of amides is 1. The number of hydrogen-bond donors (Lipinski definition) is 0. The lowest BCUT2D eigenvalue weighted by atomic mass is 10.1. The minimum atomic E-state index is -0.463. The molecule has 0 N–H and O–H groups in total. The lowest BCUT2D eigenvalue weighted by molar-refractivity contribution is 0.0649. The van der Waals surface area contributed by atoms with Crippen LogP contribution in [0.25, 0.3) is 11.8 Å². The van der Waals surface area contributed by atoms with Crippen molar-refractivity contribution in [3.05, 3.63) is 77.9 Å². The molecule has 0 atom stereocenters. The van der Waals surface area contributed by atoms with E-state index in [9.17, 15) is 9.18 Å². The predicted molar refractivity (Wildman–Crippen MR) is 107 cm³/mol. The number of nitrogens with zero attached hydrogens (tertiary/aromatic N) is 6. The monoisotopic (exact) mass is 392 g/mol. The molecule has 2 heterocycles. The summed E-state index contributed by atoms with van der Waals surface area (Å²) in [6.07, 6.45) is 5.62. The summed E-state index contributed by atoms with van der Waals surface area (Å²) in [5.74, 6) is -0.677. The smallest absolute Gasteiger partial charge is 0.256 e. The van der Waals surface area contributed by atoms with Gasteiger partial charge in [0, 0.05) is 32.7 Å². The largest absolute Gasteiger partial charge is 0.336 e. The van der Waals surface area contributed by atoms with E-state index in [2.05, 4.69) is 44.7 Å². The Labute approximate surface area is 168 Å². The SMILES string of the molecule is O=C(c1cc(F)ccc1-n1cnnn1)N1CCN(CC=Cc2ccccc2)CC1. The summed E-state index contributed by atoms with van der Waals surface area (Å²) in [5, 5.41) is 11.0. The Kier molecular flexibility index (Phi) is 5.71. The van der Waals surface area contributed by atoms with Crippen LogP contribution in [0.2, 0.25) is 0 Å². The number of rotatable bonds is 5. The summed E-state index contributed by atoms with van der Waals surface area (Å²) >= 11 is 0. The van der Waals surface area contributed by atoms with Gasteiger partial charge in [-0.3, -0.25) is 9.69 Å². The molecule has 0 saturated carbocycles. The fourth-order valence-electron chi connectivity index (χ4n) is 3.36. The summed E-state index contributed by atoms with van der Waals surface area (Å²) in [7, 11) is 0. The minimum Gasteiger partial charge on any atom is -0.336 e. The van der Waals surface area contributed by atoms with Crippen LogP contribution in [0.1, 0.15) is 15.9 Å². The van der Waals surface area contributed by atoms with E-state index in [4.69, 9.17) is 0 Å². The molecule has 1 aliphatic heterocycles. The van der Waals surface area contributed by atoms with E-state index in [1.165, 1.54) is 34.8 Å². The van der Waals surface area contributed by atoms with E-state index >= 15 is 0 Å². The lowest BCUT2D eigenvalue weighted by Gasteiger charge is -2.34. The molecule has 8 heteroatoms. The Bertz CT molecular complexity index is 982. The maximum Gasteiger partial charge on any atom is 0.256 e. The zero-order chi connectivity index (χ0) is 20.1. The minimum absolute atomic E-state index is 0.213. The van der Waals surface area contributed by atoms with E-state index in [-0.39, 0.29) is 11.5 Å². The van der Waals surface area contributed by atoms with E-state index < -0.39 is 5.82 Å². The van der Waals surface area contributed by atoms with Crippen LogP contribution in [0, 0.1) is 5.82 Å². The highest BCUT2D eigenvalue weighted by atomic mass is 19.1. The molecule has 29 heavy (non-hydrogen) atoms. The number of halogens is 1. The van der Waals surface area contributed by atoms with Gasteiger partial charge in [0.15, 0.2) is 0 Å². The van der Waals surface area contributed by atoms with Gasteiger partial charge in [-0.2, -0.15) is 4.68 Å². The van der Waals surface area contributed by atoms with Gasteiger partial charge < -0.3 is 4.90 Å². The van der Waals surface area contributed by atoms with E-state index in [0.717, 1.165) is 19.6 Å². The van der Waals surface area contributed by atoms with Gasteiger partial charge in [-0.05, 0) is 34.2 Å². The summed E-state index contributed by atoms with van der Waals surface area (Å²) < 4.78 is 15.2. The maximum absolute atomic E-state index is 13.8. The standard InChI is InChI=1S/C21H21FN6O/c22-18-8-9-20(28-16-23-24-25-28)19(15-18)21(29)27-13-11-26(12-14-27)10-4-7-17-5-2-1-3-6-17/h1-9,15-16H,10-14H2. The second-order valence-corrected chi connectivity index (χ2v) is 6.82. The molecular formula is C21H21FN6O. The molecule has 0 aliphatic carbocycles. The van der Waals surface area contributed by atoms with Crippen LogP contribution in [0.3, 0.4) is 0 Å². The molecule has 0 bridgehead atoms. The quantitative estimate of drug-likeness (QED) is 0.666. The Morgan fingerprint density at radius 1 is 1.07 bits per heavy atom. The average Bonchev–Trinajstić information content (AvgIpc) is 3.29. The Balaban J connectivity index is 1.38. The molecule has 7 nitrogen and oxygen atoms in total. The number of piperazine rings is 1. The van der Waals surface area contributed by atoms with Crippen LogP contribution < -0.4 is 0 Å². The van der Waals surface area contributed by atoms with Crippen molar-refractivity contribution in [3.63, 3.8) is 0 Å². The van der Waals surface area contributed by atoms with E-state index in [1.807, 2.05) is 18.2 Å². The van der Waals surface area contributed by atoms with Crippen LogP contribution in [0.4, 0.5) is 4.39 Å². The average molecular weight is 392 g/mol. The van der Waals surface area contributed by atoms with E-state index in [1.54, 1.807) is 4.90 Å². The number of tetrazole rings is 1. The Morgan fingerprint density at radius 2 is 1.86 bits per heavy atom. The van der Waals surface area contributed by atoms with Crippen molar-refractivity contribution in [2.24, 2.45) is 0 Å². The van der Waals surface area contributed by atoms with Crippen LogP contribution in [-0.2, 0) is 0 Å². The van der Waals surface area contributed by atoms with Crippen LogP contribution in [-0.4, -0.2) is 68.6 Å². The van der Waals surface area contributed by atoms with Crippen LogP contribution in [0.15, 0.2) is 60.9 Å². The number of hydrogen-bond acceptors (Lipinski definition) is 5. The Hall–Kier alpha value is -3.39. The van der Waals surface area contributed by atoms with Gasteiger partial charge in [-0.1, -0.05) is 42.5 Å². The Morgan fingerprint density at radius 3 is 2.59 bits per heavy atom.